The molecule has 0 spiro atoms. The van der Waals surface area contributed by atoms with Gasteiger partial charge in [-0.2, -0.15) is 0 Å². The Morgan fingerprint density at radius 2 is 1.65 bits per heavy atom. The second-order valence-corrected chi connectivity index (χ2v) is 7.13. The lowest BCUT2D eigenvalue weighted by atomic mass is 9.49. The molecule has 0 aromatic heterocycles. The molecule has 1 atom stereocenters. The van der Waals surface area contributed by atoms with E-state index >= 15 is 0 Å². The lowest BCUT2D eigenvalue weighted by molar-refractivity contribution is -0.119. The van der Waals surface area contributed by atoms with E-state index in [0.717, 1.165) is 24.3 Å². The van der Waals surface area contributed by atoms with Gasteiger partial charge < -0.3 is 5.32 Å². The van der Waals surface area contributed by atoms with Gasteiger partial charge in [-0.05, 0) is 75.5 Å². The largest absolute Gasteiger partial charge is 0.307 e. The van der Waals surface area contributed by atoms with Gasteiger partial charge in [0.2, 0.25) is 0 Å². The SMILES string of the molecule is CC(=O)C(C)NCC12CC3CC(CC(C3)C1)C2. The first-order chi connectivity index (χ1) is 8.06. The third-order valence-electron chi connectivity index (χ3n) is 5.56. The molecule has 96 valence electrons. The quantitative estimate of drug-likeness (QED) is 0.812. The Morgan fingerprint density at radius 3 is 2.06 bits per heavy atom. The van der Waals surface area contributed by atoms with E-state index in [1.165, 1.54) is 38.5 Å². The molecule has 4 bridgehead atoms. The first-order valence-corrected chi connectivity index (χ1v) is 7.30. The van der Waals surface area contributed by atoms with Gasteiger partial charge in [0.15, 0.2) is 0 Å². The van der Waals surface area contributed by atoms with Crippen LogP contribution in [0.2, 0.25) is 0 Å². The van der Waals surface area contributed by atoms with Crippen molar-refractivity contribution in [3.63, 3.8) is 0 Å². The molecule has 0 aromatic rings. The summed E-state index contributed by atoms with van der Waals surface area (Å²) in [5.41, 5.74) is 0.554. The maximum absolute atomic E-state index is 11.3. The minimum atomic E-state index is 0.0444. The molecule has 4 rings (SSSR count). The second-order valence-electron chi connectivity index (χ2n) is 7.13. The van der Waals surface area contributed by atoms with Gasteiger partial charge in [-0.25, -0.2) is 0 Å². The van der Waals surface area contributed by atoms with Crippen molar-refractivity contribution in [2.75, 3.05) is 6.54 Å². The van der Waals surface area contributed by atoms with E-state index in [9.17, 15) is 4.79 Å². The van der Waals surface area contributed by atoms with Crippen molar-refractivity contribution in [2.24, 2.45) is 23.2 Å². The van der Waals surface area contributed by atoms with Gasteiger partial charge in [-0.3, -0.25) is 4.79 Å². The Bertz CT molecular complexity index is 288. The summed E-state index contributed by atoms with van der Waals surface area (Å²) < 4.78 is 0. The zero-order valence-corrected chi connectivity index (χ0v) is 11.2. The number of hydrogen-bond acceptors (Lipinski definition) is 2. The topological polar surface area (TPSA) is 29.1 Å². The number of nitrogens with one attached hydrogen (secondary N) is 1. The Labute approximate surface area is 105 Å². The van der Waals surface area contributed by atoms with E-state index in [1.807, 2.05) is 6.92 Å². The van der Waals surface area contributed by atoms with E-state index in [0.29, 0.717) is 5.41 Å². The molecule has 0 amide bonds. The van der Waals surface area contributed by atoms with Gasteiger partial charge >= 0.3 is 0 Å². The van der Waals surface area contributed by atoms with E-state index in [1.54, 1.807) is 6.92 Å². The van der Waals surface area contributed by atoms with Gasteiger partial charge in [-0.1, -0.05) is 0 Å². The third-order valence-corrected chi connectivity index (χ3v) is 5.56. The highest BCUT2D eigenvalue weighted by Crippen LogP contribution is 2.59. The molecule has 0 aliphatic heterocycles. The third kappa shape index (κ3) is 2.16. The summed E-state index contributed by atoms with van der Waals surface area (Å²) in [4.78, 5) is 11.3. The van der Waals surface area contributed by atoms with Crippen LogP contribution >= 0.6 is 0 Å². The number of carbonyl (C=O) groups excluding carboxylic acids is 1. The van der Waals surface area contributed by atoms with E-state index in [-0.39, 0.29) is 11.8 Å². The summed E-state index contributed by atoms with van der Waals surface area (Å²) in [6.45, 7) is 4.78. The van der Waals surface area contributed by atoms with Crippen molar-refractivity contribution in [3.05, 3.63) is 0 Å². The molecule has 4 saturated carbocycles. The average molecular weight is 235 g/mol. The first kappa shape index (κ1) is 11.7. The molecule has 0 heterocycles. The summed E-state index contributed by atoms with van der Waals surface area (Å²) in [5, 5.41) is 3.49. The van der Waals surface area contributed by atoms with Gasteiger partial charge in [0, 0.05) is 6.54 Å². The predicted octanol–water partition coefficient (Wildman–Crippen LogP) is 2.77. The molecule has 4 aliphatic rings. The van der Waals surface area contributed by atoms with Gasteiger partial charge in [0.1, 0.15) is 5.78 Å². The van der Waals surface area contributed by atoms with Gasteiger partial charge in [-0.15, -0.1) is 0 Å². The van der Waals surface area contributed by atoms with Crippen molar-refractivity contribution in [3.8, 4) is 0 Å². The number of carbonyl (C=O) groups is 1. The number of hydrogen-bond donors (Lipinski definition) is 1. The molecule has 4 fully saturated rings. The first-order valence-electron chi connectivity index (χ1n) is 7.30. The van der Waals surface area contributed by atoms with Crippen LogP contribution < -0.4 is 5.32 Å². The van der Waals surface area contributed by atoms with Crippen molar-refractivity contribution in [2.45, 2.75) is 58.4 Å². The highest BCUT2D eigenvalue weighted by Gasteiger charge is 2.50. The molecule has 0 aromatic carbocycles. The minimum absolute atomic E-state index is 0.0444. The van der Waals surface area contributed by atoms with Crippen LogP contribution in [-0.4, -0.2) is 18.4 Å². The molecule has 1 unspecified atom stereocenters. The van der Waals surface area contributed by atoms with Gasteiger partial charge in [0.25, 0.3) is 0 Å². The van der Waals surface area contributed by atoms with Crippen LogP contribution in [0.1, 0.15) is 52.4 Å². The number of Topliss-reactive ketones (excluding diaryl/α,β-unsaturated/α-hetero) is 1. The van der Waals surface area contributed by atoms with Crippen LogP contribution in [0.4, 0.5) is 0 Å². The molecule has 2 nitrogen and oxygen atoms in total. The fourth-order valence-electron chi connectivity index (χ4n) is 5.02. The van der Waals surface area contributed by atoms with Gasteiger partial charge in [0.05, 0.1) is 6.04 Å². The standard InChI is InChI=1S/C15H25NO/c1-10(11(2)17)16-9-15-6-12-3-13(7-15)5-14(4-12)8-15/h10,12-14,16H,3-9H2,1-2H3. The van der Waals surface area contributed by atoms with E-state index in [4.69, 9.17) is 0 Å². The monoisotopic (exact) mass is 235 g/mol. The maximum Gasteiger partial charge on any atom is 0.146 e. The Morgan fingerprint density at radius 1 is 1.18 bits per heavy atom. The fraction of sp³-hybridized carbons (Fsp3) is 0.933. The number of rotatable bonds is 4. The summed E-state index contributed by atoms with van der Waals surface area (Å²) in [6.07, 6.45) is 8.79. The Kier molecular flexibility index (Phi) is 2.81. The van der Waals surface area contributed by atoms with E-state index in [2.05, 4.69) is 5.32 Å². The van der Waals surface area contributed by atoms with Crippen LogP contribution in [0, 0.1) is 23.2 Å². The van der Waals surface area contributed by atoms with Crippen LogP contribution in [0.3, 0.4) is 0 Å². The summed E-state index contributed by atoms with van der Waals surface area (Å²) in [7, 11) is 0. The van der Waals surface area contributed by atoms with E-state index < -0.39 is 0 Å². The normalized spacial score (nSPS) is 44.9. The second kappa shape index (κ2) is 4.08. The lowest BCUT2D eigenvalue weighted by Gasteiger charge is -2.57. The zero-order chi connectivity index (χ0) is 12.0. The van der Waals surface area contributed by atoms with Crippen molar-refractivity contribution < 1.29 is 4.79 Å². The molecule has 2 heteroatoms. The van der Waals surface area contributed by atoms with Crippen LogP contribution in [0.5, 0.6) is 0 Å². The smallest absolute Gasteiger partial charge is 0.146 e. The Balaban J connectivity index is 1.64. The molecular formula is C15H25NO. The van der Waals surface area contributed by atoms with Crippen molar-refractivity contribution in [1.29, 1.82) is 0 Å². The summed E-state index contributed by atoms with van der Waals surface area (Å²) >= 11 is 0. The zero-order valence-electron chi connectivity index (χ0n) is 11.2. The minimum Gasteiger partial charge on any atom is -0.307 e. The van der Waals surface area contributed by atoms with Crippen molar-refractivity contribution >= 4 is 5.78 Å². The van der Waals surface area contributed by atoms with Crippen LogP contribution in [-0.2, 0) is 4.79 Å². The van der Waals surface area contributed by atoms with Crippen LogP contribution in [0.15, 0.2) is 0 Å². The molecule has 0 saturated heterocycles. The van der Waals surface area contributed by atoms with Crippen LogP contribution in [0.25, 0.3) is 0 Å². The molecule has 4 aliphatic carbocycles. The lowest BCUT2D eigenvalue weighted by Crippen LogP contribution is -2.52. The highest BCUT2D eigenvalue weighted by atomic mass is 16.1. The summed E-state index contributed by atoms with van der Waals surface area (Å²) in [6, 6.07) is 0.0444. The number of ketones is 1. The maximum atomic E-state index is 11.3. The predicted molar refractivity (Wildman–Crippen MR) is 68.8 cm³/mol. The fourth-order valence-corrected chi connectivity index (χ4v) is 5.02. The van der Waals surface area contributed by atoms with Crippen molar-refractivity contribution in [1.82, 2.24) is 5.32 Å². The summed E-state index contributed by atoms with van der Waals surface area (Å²) in [5.74, 6) is 3.30. The average Bonchev–Trinajstić information content (AvgIpc) is 2.24. The highest BCUT2D eigenvalue weighted by molar-refractivity contribution is 5.80. The molecule has 1 N–H and O–H groups in total. The molecular weight excluding hydrogens is 210 g/mol. The molecule has 17 heavy (non-hydrogen) atoms. The Hall–Kier alpha value is -0.370. The molecule has 0 radical (unpaired) electrons.